The Hall–Kier alpha value is -0.910. The summed E-state index contributed by atoms with van der Waals surface area (Å²) >= 11 is 0. The number of imidazole rings is 1. The van der Waals surface area contributed by atoms with Gasteiger partial charge in [-0.2, -0.15) is 0 Å². The van der Waals surface area contributed by atoms with E-state index in [2.05, 4.69) is 35.6 Å². The van der Waals surface area contributed by atoms with E-state index in [9.17, 15) is 5.11 Å². The van der Waals surface area contributed by atoms with Gasteiger partial charge in [-0.1, -0.05) is 20.8 Å². The molecule has 3 saturated heterocycles. The van der Waals surface area contributed by atoms with Crippen LogP contribution in [0.3, 0.4) is 0 Å². The van der Waals surface area contributed by atoms with E-state index in [1.807, 2.05) is 24.0 Å². The van der Waals surface area contributed by atoms with E-state index in [1.54, 1.807) is 0 Å². The number of hydrogen-bond donors (Lipinski definition) is 1. The van der Waals surface area contributed by atoms with Gasteiger partial charge in [0, 0.05) is 44.6 Å². The number of fused-ring (bicyclic) bond motifs is 2. The minimum atomic E-state index is -0.756. The molecule has 0 aliphatic carbocycles. The highest BCUT2D eigenvalue weighted by Gasteiger charge is 2.50. The lowest BCUT2D eigenvalue weighted by molar-refractivity contribution is -0.0740. The molecule has 0 aromatic carbocycles. The molecule has 0 spiro atoms. The summed E-state index contributed by atoms with van der Waals surface area (Å²) in [5.74, 6) is 1.74. The molecule has 4 heterocycles. The standard InChI is InChI=1S/C22H38N4O/c1-17-7-10-25(11-8-17)15-21(2,3)16-26-18-5-6-19(26)14-22(27,13-18)20-23-9-12-24(20)4/h9,12,17-19,27H,5-8,10-11,13-16H2,1-4H3/t18-,19-/m1/s1. The SMILES string of the molecule is CC1CCN(CC(C)(C)CN2[C@@H]3CC[C@@H]2CC(O)(c2nccn2C)C3)CC1. The third-order valence-electron chi connectivity index (χ3n) is 7.29. The van der Waals surface area contributed by atoms with E-state index in [0.717, 1.165) is 31.1 Å². The van der Waals surface area contributed by atoms with Gasteiger partial charge >= 0.3 is 0 Å². The first-order chi connectivity index (χ1) is 12.8. The lowest BCUT2D eigenvalue weighted by Crippen LogP contribution is -2.54. The summed E-state index contributed by atoms with van der Waals surface area (Å²) in [4.78, 5) is 9.88. The van der Waals surface area contributed by atoms with Crippen molar-refractivity contribution in [1.82, 2.24) is 19.4 Å². The average Bonchev–Trinajstić information content (AvgIpc) is 3.12. The van der Waals surface area contributed by atoms with E-state index < -0.39 is 5.60 Å². The topological polar surface area (TPSA) is 44.5 Å². The van der Waals surface area contributed by atoms with Gasteiger partial charge in [0.05, 0.1) is 0 Å². The highest BCUT2D eigenvalue weighted by Crippen LogP contribution is 2.46. The molecule has 0 saturated carbocycles. The molecule has 4 rings (SSSR count). The molecule has 152 valence electrons. The van der Waals surface area contributed by atoms with Gasteiger partial charge in [-0.3, -0.25) is 4.90 Å². The lowest BCUT2D eigenvalue weighted by Gasteiger charge is -2.47. The maximum absolute atomic E-state index is 11.4. The number of aromatic nitrogens is 2. The maximum Gasteiger partial charge on any atom is 0.140 e. The molecule has 3 aliphatic rings. The van der Waals surface area contributed by atoms with Gasteiger partial charge in [-0.05, 0) is 62.9 Å². The van der Waals surface area contributed by atoms with Crippen molar-refractivity contribution in [3.8, 4) is 0 Å². The van der Waals surface area contributed by atoms with Gasteiger partial charge in [-0.15, -0.1) is 0 Å². The Kier molecular flexibility index (Phi) is 5.15. The molecule has 1 N–H and O–H groups in total. The van der Waals surface area contributed by atoms with Crippen LogP contribution in [0, 0.1) is 11.3 Å². The summed E-state index contributed by atoms with van der Waals surface area (Å²) in [6.45, 7) is 12.1. The van der Waals surface area contributed by atoms with Gasteiger partial charge in [0.25, 0.3) is 0 Å². The van der Waals surface area contributed by atoms with Crippen molar-refractivity contribution < 1.29 is 5.11 Å². The van der Waals surface area contributed by atoms with E-state index in [-0.39, 0.29) is 0 Å². The van der Waals surface area contributed by atoms with Crippen LogP contribution in [-0.2, 0) is 12.6 Å². The summed E-state index contributed by atoms with van der Waals surface area (Å²) in [7, 11) is 2.00. The van der Waals surface area contributed by atoms with Gasteiger partial charge in [0.15, 0.2) is 0 Å². The van der Waals surface area contributed by atoms with E-state index in [1.165, 1.54) is 45.3 Å². The summed E-state index contributed by atoms with van der Waals surface area (Å²) in [6.07, 6.45) is 10.5. The molecule has 27 heavy (non-hydrogen) atoms. The average molecular weight is 375 g/mol. The Balaban J connectivity index is 1.40. The minimum Gasteiger partial charge on any atom is -0.382 e. The van der Waals surface area contributed by atoms with Crippen LogP contribution in [0.5, 0.6) is 0 Å². The molecule has 5 nitrogen and oxygen atoms in total. The van der Waals surface area contributed by atoms with E-state index in [0.29, 0.717) is 17.5 Å². The second-order valence-electron chi connectivity index (χ2n) is 10.5. The number of hydrogen-bond acceptors (Lipinski definition) is 4. The highest BCUT2D eigenvalue weighted by atomic mass is 16.3. The Bertz CT molecular complexity index is 632. The van der Waals surface area contributed by atoms with Crippen LogP contribution in [0.15, 0.2) is 12.4 Å². The van der Waals surface area contributed by atoms with Crippen molar-refractivity contribution in [3.05, 3.63) is 18.2 Å². The molecule has 3 fully saturated rings. The highest BCUT2D eigenvalue weighted by molar-refractivity contribution is 5.12. The van der Waals surface area contributed by atoms with Gasteiger partial charge < -0.3 is 14.6 Å². The van der Waals surface area contributed by atoms with Crippen molar-refractivity contribution in [3.63, 3.8) is 0 Å². The zero-order chi connectivity index (χ0) is 19.2. The predicted molar refractivity (Wildman–Crippen MR) is 108 cm³/mol. The van der Waals surface area contributed by atoms with Crippen LogP contribution >= 0.6 is 0 Å². The summed E-state index contributed by atoms with van der Waals surface area (Å²) in [6, 6.07) is 0.984. The molecule has 0 unspecified atom stereocenters. The zero-order valence-corrected chi connectivity index (χ0v) is 17.7. The molecular formula is C22H38N4O. The monoisotopic (exact) mass is 374 g/mol. The summed E-state index contributed by atoms with van der Waals surface area (Å²) in [5, 5.41) is 11.4. The molecule has 3 aliphatic heterocycles. The summed E-state index contributed by atoms with van der Waals surface area (Å²) < 4.78 is 2.00. The van der Waals surface area contributed by atoms with Gasteiger partial charge in [-0.25, -0.2) is 4.98 Å². The normalized spacial score (nSPS) is 33.7. The number of aryl methyl sites for hydroxylation is 1. The molecule has 2 bridgehead atoms. The third kappa shape index (κ3) is 3.96. The van der Waals surface area contributed by atoms with Gasteiger partial charge in [0.1, 0.15) is 11.4 Å². The first kappa shape index (κ1) is 19.4. The molecule has 5 heteroatoms. The fraction of sp³-hybridized carbons (Fsp3) is 0.864. The van der Waals surface area contributed by atoms with Crippen LogP contribution < -0.4 is 0 Å². The molecule has 1 aromatic rings. The lowest BCUT2D eigenvalue weighted by atomic mass is 9.82. The van der Waals surface area contributed by atoms with Crippen molar-refractivity contribution in [1.29, 1.82) is 0 Å². The fourth-order valence-corrected chi connectivity index (χ4v) is 5.94. The fourth-order valence-electron chi connectivity index (χ4n) is 5.94. The molecule has 0 radical (unpaired) electrons. The van der Waals surface area contributed by atoms with E-state index in [4.69, 9.17) is 0 Å². The van der Waals surface area contributed by atoms with Crippen LogP contribution in [-0.4, -0.2) is 62.7 Å². The largest absolute Gasteiger partial charge is 0.382 e. The first-order valence-electron chi connectivity index (χ1n) is 10.9. The minimum absolute atomic E-state index is 0.292. The predicted octanol–water partition coefficient (Wildman–Crippen LogP) is 2.99. The second-order valence-corrected chi connectivity index (χ2v) is 10.5. The number of nitrogens with zero attached hydrogens (tertiary/aromatic N) is 4. The van der Waals surface area contributed by atoms with Crippen molar-refractivity contribution in [2.75, 3.05) is 26.2 Å². The smallest absolute Gasteiger partial charge is 0.140 e. The van der Waals surface area contributed by atoms with Crippen molar-refractivity contribution in [2.45, 2.75) is 77.0 Å². The van der Waals surface area contributed by atoms with Crippen LogP contribution in [0.2, 0.25) is 0 Å². The summed E-state index contributed by atoms with van der Waals surface area (Å²) in [5.41, 5.74) is -0.464. The number of rotatable bonds is 5. The van der Waals surface area contributed by atoms with E-state index >= 15 is 0 Å². The zero-order valence-electron chi connectivity index (χ0n) is 17.7. The third-order valence-corrected chi connectivity index (χ3v) is 7.29. The number of piperidine rings is 2. The first-order valence-corrected chi connectivity index (χ1v) is 10.9. The Morgan fingerprint density at radius 2 is 1.74 bits per heavy atom. The molecule has 2 atom stereocenters. The van der Waals surface area contributed by atoms with Crippen molar-refractivity contribution in [2.24, 2.45) is 18.4 Å². The number of aliphatic hydroxyl groups is 1. The molecule has 0 amide bonds. The van der Waals surface area contributed by atoms with Gasteiger partial charge in [0.2, 0.25) is 0 Å². The Morgan fingerprint density at radius 3 is 2.30 bits per heavy atom. The quantitative estimate of drug-likeness (QED) is 0.861. The van der Waals surface area contributed by atoms with Crippen LogP contribution in [0.1, 0.15) is 65.1 Å². The molecule has 1 aromatic heterocycles. The Morgan fingerprint density at radius 1 is 1.11 bits per heavy atom. The number of likely N-dealkylation sites (tertiary alicyclic amines) is 1. The maximum atomic E-state index is 11.4. The second kappa shape index (κ2) is 7.16. The van der Waals surface area contributed by atoms with Crippen LogP contribution in [0.25, 0.3) is 0 Å². The molecular weight excluding hydrogens is 336 g/mol. The Labute approximate surface area is 164 Å². The van der Waals surface area contributed by atoms with Crippen molar-refractivity contribution >= 4 is 0 Å². The van der Waals surface area contributed by atoms with Crippen LogP contribution in [0.4, 0.5) is 0 Å².